The lowest BCUT2D eigenvalue weighted by atomic mass is 9.88. The number of carbonyl (C=O) groups is 2. The lowest BCUT2D eigenvalue weighted by Gasteiger charge is -2.27. The number of alkyl halides is 6. The minimum atomic E-state index is -5.00. The van der Waals surface area contributed by atoms with Gasteiger partial charge in [0.05, 0.1) is 23.3 Å². The summed E-state index contributed by atoms with van der Waals surface area (Å²) in [5.41, 5.74) is -2.73. The lowest BCUT2D eigenvalue weighted by Crippen LogP contribution is -2.31. The predicted molar refractivity (Wildman–Crippen MR) is 104 cm³/mol. The second kappa shape index (κ2) is 8.37. The van der Waals surface area contributed by atoms with Crippen molar-refractivity contribution in [2.24, 2.45) is 0 Å². The second-order valence-corrected chi connectivity index (χ2v) is 8.39. The van der Waals surface area contributed by atoms with Gasteiger partial charge in [-0.1, -0.05) is 12.1 Å². The van der Waals surface area contributed by atoms with E-state index < -0.39 is 65.2 Å². The first-order valence-corrected chi connectivity index (χ1v) is 10.3. The van der Waals surface area contributed by atoms with E-state index in [2.05, 4.69) is 0 Å². The summed E-state index contributed by atoms with van der Waals surface area (Å²) in [5.74, 6) is -2.47. The van der Waals surface area contributed by atoms with Crippen molar-refractivity contribution in [3.63, 3.8) is 0 Å². The highest BCUT2D eigenvalue weighted by molar-refractivity contribution is 6.38. The molecule has 11 heteroatoms. The molecule has 2 aromatic carbocycles. The highest BCUT2D eigenvalue weighted by Gasteiger charge is 2.52. The monoisotopic (exact) mass is 489 g/mol. The molecule has 2 aromatic rings. The highest BCUT2D eigenvalue weighted by Crippen LogP contribution is 2.43. The third-order valence-corrected chi connectivity index (χ3v) is 6.20. The van der Waals surface area contributed by atoms with Crippen LogP contribution in [0, 0.1) is 5.82 Å². The van der Waals surface area contributed by atoms with E-state index in [0.29, 0.717) is 17.7 Å². The Bertz CT molecular complexity index is 1080. The quantitative estimate of drug-likeness (QED) is 0.434. The maximum absolute atomic E-state index is 13.4. The maximum Gasteiger partial charge on any atom is 0.416 e. The molecule has 4 nitrogen and oxygen atoms in total. The maximum atomic E-state index is 13.4. The molecular formula is C23H18F7NO3. The smallest absolute Gasteiger partial charge is 0.368 e. The Morgan fingerprint density at radius 1 is 0.941 bits per heavy atom. The van der Waals surface area contributed by atoms with Crippen molar-refractivity contribution in [2.45, 2.75) is 49.9 Å². The number of hydrogen-bond acceptors (Lipinski definition) is 3. The molecule has 2 aliphatic heterocycles. The fourth-order valence-corrected chi connectivity index (χ4v) is 4.60. The Morgan fingerprint density at radius 3 is 2.03 bits per heavy atom. The summed E-state index contributed by atoms with van der Waals surface area (Å²) in [6, 6.07) is 5.88. The van der Waals surface area contributed by atoms with Crippen LogP contribution in [0.25, 0.3) is 0 Å². The van der Waals surface area contributed by atoms with E-state index in [-0.39, 0.29) is 24.6 Å². The molecule has 0 spiro atoms. The second-order valence-electron chi connectivity index (χ2n) is 8.39. The molecule has 4 atom stereocenters. The number of rotatable bonds is 4. The molecule has 0 unspecified atom stereocenters. The van der Waals surface area contributed by atoms with Gasteiger partial charge in [-0.25, -0.2) is 4.39 Å². The molecule has 0 aromatic heterocycles. The van der Waals surface area contributed by atoms with Crippen molar-refractivity contribution in [1.29, 1.82) is 0 Å². The van der Waals surface area contributed by atoms with Gasteiger partial charge >= 0.3 is 12.4 Å². The van der Waals surface area contributed by atoms with Gasteiger partial charge in [-0.2, -0.15) is 26.3 Å². The van der Waals surface area contributed by atoms with Crippen LogP contribution in [0.4, 0.5) is 30.7 Å². The normalized spacial score (nSPS) is 24.0. The molecule has 2 heterocycles. The molecule has 1 amide bonds. The van der Waals surface area contributed by atoms with E-state index >= 15 is 0 Å². The van der Waals surface area contributed by atoms with Crippen LogP contribution in [0.15, 0.2) is 42.5 Å². The van der Waals surface area contributed by atoms with Crippen LogP contribution >= 0.6 is 0 Å². The average Bonchev–Trinajstić information content (AvgIpc) is 3.22. The molecule has 2 fully saturated rings. The zero-order valence-corrected chi connectivity index (χ0v) is 17.6. The number of benzene rings is 2. The standard InChI is InChI=1S/C23H18F7NO3/c1-11(13-6-14(22(25,26)27)8-15(7-13)23(28,29)30)34-19-10-31-17(9-18(32)21(31)33)20(19)12-2-4-16(24)5-3-12/h2-8,11,17,19-20H,9-10H2,1H3/t11-,17+,19+,20+/m1/s1. The van der Waals surface area contributed by atoms with Crippen LogP contribution in [0.2, 0.25) is 0 Å². The van der Waals surface area contributed by atoms with E-state index in [1.54, 1.807) is 0 Å². The third-order valence-electron chi connectivity index (χ3n) is 6.20. The van der Waals surface area contributed by atoms with Crippen molar-refractivity contribution in [2.75, 3.05) is 6.54 Å². The number of hydrogen-bond donors (Lipinski definition) is 0. The number of ketones is 1. The summed E-state index contributed by atoms with van der Waals surface area (Å²) >= 11 is 0. The third kappa shape index (κ3) is 4.53. The summed E-state index contributed by atoms with van der Waals surface area (Å²) in [7, 11) is 0. The van der Waals surface area contributed by atoms with E-state index in [9.17, 15) is 40.3 Å². The topological polar surface area (TPSA) is 46.6 Å². The summed E-state index contributed by atoms with van der Waals surface area (Å²) < 4.78 is 98.8. The Hall–Kier alpha value is -2.95. The summed E-state index contributed by atoms with van der Waals surface area (Å²) in [6.45, 7) is 1.24. The van der Waals surface area contributed by atoms with Gasteiger partial charge < -0.3 is 9.64 Å². The van der Waals surface area contributed by atoms with E-state index in [1.807, 2.05) is 0 Å². The minimum absolute atomic E-state index is 0.0352. The van der Waals surface area contributed by atoms with Gasteiger partial charge in [-0.15, -0.1) is 0 Å². The predicted octanol–water partition coefficient (Wildman–Crippen LogP) is 5.28. The summed E-state index contributed by atoms with van der Waals surface area (Å²) in [5, 5.41) is 0. The highest BCUT2D eigenvalue weighted by atomic mass is 19.4. The van der Waals surface area contributed by atoms with Gasteiger partial charge in [-0.3, -0.25) is 9.59 Å². The Kier molecular flexibility index (Phi) is 5.95. The van der Waals surface area contributed by atoms with Crippen LogP contribution in [0.1, 0.15) is 47.6 Å². The molecule has 182 valence electrons. The van der Waals surface area contributed by atoms with Crippen LogP contribution in [-0.4, -0.2) is 35.3 Å². The fraction of sp³-hybridized carbons (Fsp3) is 0.391. The molecule has 0 bridgehead atoms. The van der Waals surface area contributed by atoms with Crippen molar-refractivity contribution in [3.05, 3.63) is 70.5 Å². The SMILES string of the molecule is C[C@@H](O[C@H]1CN2C(=O)C(=O)C[C@H]2[C@@H]1c1ccc(F)cc1)c1cc(C(F)(F)F)cc(C(F)(F)F)c1. The number of Topliss-reactive ketones (excluding diaryl/α,β-unsaturated/α-hetero) is 1. The first-order chi connectivity index (χ1) is 15.8. The van der Waals surface area contributed by atoms with Gasteiger partial charge in [0.15, 0.2) is 0 Å². The number of fused-ring (bicyclic) bond motifs is 1. The molecule has 0 saturated carbocycles. The molecular weight excluding hydrogens is 471 g/mol. The molecule has 0 radical (unpaired) electrons. The number of carbonyl (C=O) groups excluding carboxylic acids is 2. The van der Waals surface area contributed by atoms with Gasteiger partial charge in [0.25, 0.3) is 5.91 Å². The zero-order valence-electron chi connectivity index (χ0n) is 17.6. The van der Waals surface area contributed by atoms with Crippen molar-refractivity contribution in [3.8, 4) is 0 Å². The molecule has 2 aliphatic rings. The van der Waals surface area contributed by atoms with E-state index in [0.717, 1.165) is 0 Å². The largest absolute Gasteiger partial charge is 0.416 e. The number of ether oxygens (including phenoxy) is 1. The first kappa shape index (κ1) is 24.2. The van der Waals surface area contributed by atoms with E-state index in [1.165, 1.54) is 36.1 Å². The van der Waals surface area contributed by atoms with Crippen LogP contribution in [0.3, 0.4) is 0 Å². The fourth-order valence-electron chi connectivity index (χ4n) is 4.60. The van der Waals surface area contributed by atoms with Crippen LogP contribution in [0.5, 0.6) is 0 Å². The van der Waals surface area contributed by atoms with Gasteiger partial charge in [0.2, 0.25) is 5.78 Å². The van der Waals surface area contributed by atoms with Crippen molar-refractivity contribution >= 4 is 11.7 Å². The zero-order chi connectivity index (χ0) is 25.0. The number of halogens is 7. The minimum Gasteiger partial charge on any atom is -0.368 e. The molecule has 0 aliphatic carbocycles. The van der Waals surface area contributed by atoms with Crippen molar-refractivity contribution < 1.29 is 45.1 Å². The lowest BCUT2D eigenvalue weighted by molar-refractivity contribution is -0.143. The number of nitrogens with zero attached hydrogens (tertiary/aromatic N) is 1. The van der Waals surface area contributed by atoms with Crippen LogP contribution < -0.4 is 0 Å². The Morgan fingerprint density at radius 2 is 1.50 bits per heavy atom. The van der Waals surface area contributed by atoms with Gasteiger partial charge in [0, 0.05) is 24.9 Å². The number of amides is 1. The first-order valence-electron chi connectivity index (χ1n) is 10.3. The molecule has 34 heavy (non-hydrogen) atoms. The molecule has 2 saturated heterocycles. The molecule has 0 N–H and O–H groups in total. The summed E-state index contributed by atoms with van der Waals surface area (Å²) in [6.07, 6.45) is -12.2. The Balaban J connectivity index is 1.67. The Labute approximate surface area is 189 Å². The molecule has 4 rings (SSSR count). The van der Waals surface area contributed by atoms with Gasteiger partial charge in [-0.05, 0) is 48.4 Å². The summed E-state index contributed by atoms with van der Waals surface area (Å²) in [4.78, 5) is 25.5. The van der Waals surface area contributed by atoms with Crippen LogP contribution in [-0.2, 0) is 26.7 Å². The van der Waals surface area contributed by atoms with Gasteiger partial charge in [0.1, 0.15) is 5.82 Å². The van der Waals surface area contributed by atoms with Crippen molar-refractivity contribution in [1.82, 2.24) is 4.90 Å². The average molecular weight is 489 g/mol. The van der Waals surface area contributed by atoms with E-state index in [4.69, 9.17) is 4.74 Å².